The Morgan fingerprint density at radius 1 is 1.17 bits per heavy atom. The van der Waals surface area contributed by atoms with Gasteiger partial charge in [-0.05, 0) is 41.6 Å². The SMILES string of the molecule is CCN(CC1COc2ccccc2O1)C(=O)CSc1nnnn1-c1ccccc1. The maximum atomic E-state index is 12.8. The molecule has 1 amide bonds. The minimum atomic E-state index is -0.201. The normalized spacial score (nSPS) is 15.1. The Labute approximate surface area is 172 Å². The number of para-hydroxylation sites is 3. The van der Waals surface area contributed by atoms with Crippen LogP contribution in [-0.4, -0.2) is 62.6 Å². The van der Waals surface area contributed by atoms with E-state index in [1.807, 2.05) is 61.5 Å². The first-order valence-corrected chi connectivity index (χ1v) is 10.4. The number of carbonyl (C=O) groups is 1. The smallest absolute Gasteiger partial charge is 0.233 e. The van der Waals surface area contributed by atoms with Gasteiger partial charge in [0.15, 0.2) is 17.6 Å². The van der Waals surface area contributed by atoms with Gasteiger partial charge in [0.25, 0.3) is 0 Å². The maximum Gasteiger partial charge on any atom is 0.233 e. The summed E-state index contributed by atoms with van der Waals surface area (Å²) in [6.45, 7) is 3.42. The van der Waals surface area contributed by atoms with Crippen molar-refractivity contribution in [3.05, 3.63) is 54.6 Å². The van der Waals surface area contributed by atoms with Crippen molar-refractivity contribution in [2.45, 2.75) is 18.2 Å². The second kappa shape index (κ2) is 8.95. The third-order valence-electron chi connectivity index (χ3n) is 4.49. The Morgan fingerprint density at radius 3 is 2.72 bits per heavy atom. The highest BCUT2D eigenvalue weighted by molar-refractivity contribution is 7.99. The first kappa shape index (κ1) is 19.3. The molecule has 0 saturated heterocycles. The molecule has 3 aromatic rings. The van der Waals surface area contributed by atoms with Crippen molar-refractivity contribution >= 4 is 17.7 Å². The van der Waals surface area contributed by atoms with Crippen LogP contribution in [0, 0.1) is 0 Å². The first-order chi connectivity index (χ1) is 14.2. The highest BCUT2D eigenvalue weighted by Gasteiger charge is 2.25. The number of hydrogen-bond acceptors (Lipinski definition) is 7. The molecule has 29 heavy (non-hydrogen) atoms. The van der Waals surface area contributed by atoms with E-state index in [1.54, 1.807) is 9.58 Å². The topological polar surface area (TPSA) is 82.4 Å². The fraction of sp³-hybridized carbons (Fsp3) is 0.300. The van der Waals surface area contributed by atoms with E-state index in [0.29, 0.717) is 30.6 Å². The molecule has 1 atom stereocenters. The first-order valence-electron chi connectivity index (χ1n) is 9.37. The van der Waals surface area contributed by atoms with Crippen LogP contribution in [0.4, 0.5) is 0 Å². The average molecular weight is 411 g/mol. The number of aromatic nitrogens is 4. The van der Waals surface area contributed by atoms with Gasteiger partial charge in [0.05, 0.1) is 18.0 Å². The van der Waals surface area contributed by atoms with Crippen molar-refractivity contribution in [2.24, 2.45) is 0 Å². The molecule has 2 aromatic carbocycles. The summed E-state index contributed by atoms with van der Waals surface area (Å²) in [6.07, 6.45) is -0.201. The summed E-state index contributed by atoms with van der Waals surface area (Å²) in [4.78, 5) is 14.5. The Morgan fingerprint density at radius 2 is 1.93 bits per heavy atom. The molecular weight excluding hydrogens is 390 g/mol. The Hall–Kier alpha value is -3.07. The molecule has 150 valence electrons. The van der Waals surface area contributed by atoms with Gasteiger partial charge in [-0.3, -0.25) is 4.79 Å². The fourth-order valence-corrected chi connectivity index (χ4v) is 3.82. The van der Waals surface area contributed by atoms with Crippen molar-refractivity contribution < 1.29 is 14.3 Å². The molecule has 0 aliphatic carbocycles. The molecule has 1 aliphatic rings. The second-order valence-corrected chi connectivity index (χ2v) is 7.37. The summed E-state index contributed by atoms with van der Waals surface area (Å²) in [7, 11) is 0. The van der Waals surface area contributed by atoms with Crippen molar-refractivity contribution in [3.8, 4) is 17.2 Å². The van der Waals surface area contributed by atoms with Gasteiger partial charge in [-0.15, -0.1) is 5.10 Å². The van der Waals surface area contributed by atoms with E-state index in [9.17, 15) is 4.79 Å². The van der Waals surface area contributed by atoms with Gasteiger partial charge in [-0.1, -0.05) is 42.1 Å². The molecule has 8 nitrogen and oxygen atoms in total. The van der Waals surface area contributed by atoms with Crippen molar-refractivity contribution in [3.63, 3.8) is 0 Å². The fourth-order valence-electron chi connectivity index (χ4n) is 3.02. The summed E-state index contributed by atoms with van der Waals surface area (Å²) in [5.41, 5.74) is 0.853. The van der Waals surface area contributed by atoms with E-state index in [4.69, 9.17) is 9.47 Å². The van der Waals surface area contributed by atoms with E-state index in [2.05, 4.69) is 15.5 Å². The van der Waals surface area contributed by atoms with E-state index in [-0.39, 0.29) is 17.8 Å². The Bertz CT molecular complexity index is 966. The second-order valence-electron chi connectivity index (χ2n) is 6.43. The van der Waals surface area contributed by atoms with Crippen LogP contribution in [0.25, 0.3) is 5.69 Å². The minimum absolute atomic E-state index is 0.00238. The van der Waals surface area contributed by atoms with Crippen LogP contribution in [0.2, 0.25) is 0 Å². The molecule has 0 spiro atoms. The average Bonchev–Trinajstić information content (AvgIpc) is 3.25. The number of nitrogens with zero attached hydrogens (tertiary/aromatic N) is 5. The number of rotatable bonds is 7. The lowest BCUT2D eigenvalue weighted by Crippen LogP contribution is -2.44. The Kier molecular flexibility index (Phi) is 5.95. The maximum absolute atomic E-state index is 12.8. The summed E-state index contributed by atoms with van der Waals surface area (Å²) in [5.74, 6) is 1.69. The number of hydrogen-bond donors (Lipinski definition) is 0. The number of tetrazole rings is 1. The molecule has 2 heterocycles. The molecule has 1 aromatic heterocycles. The number of thioether (sulfide) groups is 1. The zero-order valence-electron chi connectivity index (χ0n) is 16.0. The third kappa shape index (κ3) is 4.51. The van der Waals surface area contributed by atoms with E-state index in [0.717, 1.165) is 11.4 Å². The van der Waals surface area contributed by atoms with Gasteiger partial charge in [-0.25, -0.2) is 0 Å². The lowest BCUT2D eigenvalue weighted by molar-refractivity contribution is -0.129. The molecule has 0 fully saturated rings. The predicted octanol–water partition coefficient (Wildman–Crippen LogP) is 2.44. The molecule has 0 saturated carbocycles. The summed E-state index contributed by atoms with van der Waals surface area (Å²) in [6, 6.07) is 17.2. The van der Waals surface area contributed by atoms with Crippen LogP contribution < -0.4 is 9.47 Å². The van der Waals surface area contributed by atoms with E-state index < -0.39 is 0 Å². The summed E-state index contributed by atoms with van der Waals surface area (Å²) >= 11 is 1.31. The number of likely N-dealkylation sites (N-methyl/N-ethyl adjacent to an activating group) is 1. The van der Waals surface area contributed by atoms with Gasteiger partial charge >= 0.3 is 0 Å². The Balaban J connectivity index is 1.35. The van der Waals surface area contributed by atoms with Crippen molar-refractivity contribution in [1.82, 2.24) is 25.1 Å². The summed E-state index contributed by atoms with van der Waals surface area (Å²) < 4.78 is 13.4. The monoisotopic (exact) mass is 411 g/mol. The number of fused-ring (bicyclic) bond motifs is 1. The third-order valence-corrected chi connectivity index (χ3v) is 5.40. The number of benzene rings is 2. The van der Waals surface area contributed by atoms with Crippen molar-refractivity contribution in [1.29, 1.82) is 0 Å². The van der Waals surface area contributed by atoms with Crippen LogP contribution in [0.5, 0.6) is 11.5 Å². The van der Waals surface area contributed by atoms with Crippen LogP contribution >= 0.6 is 11.8 Å². The van der Waals surface area contributed by atoms with Gasteiger partial charge in [0.2, 0.25) is 11.1 Å². The molecule has 1 unspecified atom stereocenters. The zero-order chi connectivity index (χ0) is 20.1. The predicted molar refractivity (Wildman–Crippen MR) is 108 cm³/mol. The standard InChI is InChI=1S/C20H21N5O3S/c1-2-24(12-16-13-27-17-10-6-7-11-18(17)28-16)19(26)14-29-20-21-22-23-25(20)15-8-4-3-5-9-15/h3-11,16H,2,12-14H2,1H3. The lowest BCUT2D eigenvalue weighted by atomic mass is 10.2. The van der Waals surface area contributed by atoms with Gasteiger partial charge in [-0.2, -0.15) is 4.68 Å². The van der Waals surface area contributed by atoms with Gasteiger partial charge in [0.1, 0.15) is 6.61 Å². The summed E-state index contributed by atoms with van der Waals surface area (Å²) in [5, 5.41) is 12.4. The quantitative estimate of drug-likeness (QED) is 0.552. The highest BCUT2D eigenvalue weighted by atomic mass is 32.2. The minimum Gasteiger partial charge on any atom is -0.486 e. The highest BCUT2D eigenvalue weighted by Crippen LogP contribution is 2.31. The van der Waals surface area contributed by atoms with Crippen LogP contribution in [0.3, 0.4) is 0 Å². The van der Waals surface area contributed by atoms with E-state index >= 15 is 0 Å². The number of carbonyl (C=O) groups excluding carboxylic acids is 1. The largest absolute Gasteiger partial charge is 0.486 e. The lowest BCUT2D eigenvalue weighted by Gasteiger charge is -2.30. The molecule has 1 aliphatic heterocycles. The van der Waals surface area contributed by atoms with Crippen molar-refractivity contribution in [2.75, 3.05) is 25.4 Å². The van der Waals surface area contributed by atoms with Gasteiger partial charge < -0.3 is 14.4 Å². The molecule has 4 rings (SSSR count). The molecule has 0 N–H and O–H groups in total. The van der Waals surface area contributed by atoms with Crippen LogP contribution in [0.15, 0.2) is 59.8 Å². The molecule has 9 heteroatoms. The zero-order valence-corrected chi connectivity index (χ0v) is 16.8. The number of ether oxygens (including phenoxy) is 2. The van der Waals surface area contributed by atoms with Crippen LogP contribution in [-0.2, 0) is 4.79 Å². The van der Waals surface area contributed by atoms with E-state index in [1.165, 1.54) is 11.8 Å². The molecular formula is C20H21N5O3S. The van der Waals surface area contributed by atoms with Crippen LogP contribution in [0.1, 0.15) is 6.92 Å². The van der Waals surface area contributed by atoms with Gasteiger partial charge in [0, 0.05) is 6.54 Å². The molecule has 0 radical (unpaired) electrons. The number of amides is 1. The molecule has 0 bridgehead atoms.